The number of aryl methyl sites for hydroxylation is 1. The molecule has 0 aliphatic heterocycles. The lowest BCUT2D eigenvalue weighted by molar-refractivity contribution is 0.185. The number of benzene rings is 1. The third kappa shape index (κ3) is 2.75. The lowest BCUT2D eigenvalue weighted by atomic mass is 10.1. The monoisotopic (exact) mass is 313 g/mol. The number of methoxy groups -OCH3 is 1. The van der Waals surface area contributed by atoms with Gasteiger partial charge < -0.3 is 9.30 Å². The summed E-state index contributed by atoms with van der Waals surface area (Å²) in [6.07, 6.45) is 3.22. The van der Waals surface area contributed by atoms with E-state index in [-0.39, 0.29) is 11.6 Å². The summed E-state index contributed by atoms with van der Waals surface area (Å²) < 4.78 is 8.59. The molecule has 0 saturated carbocycles. The van der Waals surface area contributed by atoms with Gasteiger partial charge in [-0.15, -0.1) is 10.2 Å². The molecule has 0 unspecified atom stereocenters. The summed E-state index contributed by atoms with van der Waals surface area (Å²) in [4.78, 5) is 17.3. The van der Waals surface area contributed by atoms with Crippen LogP contribution in [0.5, 0.6) is 0 Å². The Morgan fingerprint density at radius 2 is 2.13 bits per heavy atom. The molecule has 0 N–H and O–H groups in total. The third-order valence-corrected chi connectivity index (χ3v) is 3.99. The average molecular weight is 313 g/mol. The number of fused-ring (bicyclic) bond motifs is 1. The molecule has 0 saturated heterocycles. The minimum Gasteiger partial charge on any atom is -0.383 e. The molecule has 0 aliphatic carbocycles. The highest BCUT2D eigenvalue weighted by atomic mass is 16.5. The summed E-state index contributed by atoms with van der Waals surface area (Å²) in [6.45, 7) is 5.03. The fourth-order valence-corrected chi connectivity index (χ4v) is 2.69. The van der Waals surface area contributed by atoms with E-state index in [4.69, 9.17) is 4.74 Å². The van der Waals surface area contributed by atoms with Crippen molar-refractivity contribution >= 4 is 10.9 Å². The van der Waals surface area contributed by atoms with Gasteiger partial charge in [0.25, 0.3) is 5.56 Å². The van der Waals surface area contributed by atoms with Crippen LogP contribution in [0.4, 0.5) is 0 Å². The molecule has 120 valence electrons. The molecule has 0 bridgehead atoms. The van der Waals surface area contributed by atoms with Crippen molar-refractivity contribution in [3.05, 3.63) is 52.6 Å². The van der Waals surface area contributed by atoms with Crippen LogP contribution in [0, 0.1) is 6.92 Å². The average Bonchev–Trinajstić information content (AvgIpc) is 3.01. The molecule has 0 aliphatic rings. The molecular weight excluding hydrogens is 294 g/mol. The Morgan fingerprint density at radius 1 is 1.30 bits per heavy atom. The van der Waals surface area contributed by atoms with Crippen molar-refractivity contribution in [3.63, 3.8) is 0 Å². The lowest BCUT2D eigenvalue weighted by Gasteiger charge is -2.16. The quantitative estimate of drug-likeness (QED) is 0.714. The molecule has 3 aromatic rings. The van der Waals surface area contributed by atoms with E-state index >= 15 is 0 Å². The SMILES string of the molecule is COCCn1cnnc1[C@H](C)n1cnc2cccc(C)c2c1=O. The number of nitrogens with zero attached hydrogens (tertiary/aromatic N) is 5. The van der Waals surface area contributed by atoms with Crippen LogP contribution in [-0.2, 0) is 11.3 Å². The van der Waals surface area contributed by atoms with E-state index in [1.807, 2.05) is 36.6 Å². The number of rotatable bonds is 5. The first-order chi connectivity index (χ1) is 11.1. The van der Waals surface area contributed by atoms with Gasteiger partial charge in [-0.1, -0.05) is 12.1 Å². The van der Waals surface area contributed by atoms with Crippen LogP contribution in [-0.4, -0.2) is 38.0 Å². The topological polar surface area (TPSA) is 74.8 Å². The minimum absolute atomic E-state index is 0.0677. The Morgan fingerprint density at radius 3 is 2.91 bits per heavy atom. The molecule has 1 atom stereocenters. The van der Waals surface area contributed by atoms with Gasteiger partial charge in [-0.3, -0.25) is 9.36 Å². The number of ether oxygens (including phenoxy) is 1. The molecule has 2 aromatic heterocycles. The molecule has 0 amide bonds. The Kier molecular flexibility index (Phi) is 4.20. The summed E-state index contributed by atoms with van der Waals surface area (Å²) in [5.74, 6) is 0.707. The zero-order valence-electron chi connectivity index (χ0n) is 13.4. The van der Waals surface area contributed by atoms with E-state index in [2.05, 4.69) is 15.2 Å². The van der Waals surface area contributed by atoms with Crippen LogP contribution >= 0.6 is 0 Å². The Balaban J connectivity index is 2.07. The summed E-state index contributed by atoms with van der Waals surface area (Å²) >= 11 is 0. The zero-order valence-corrected chi connectivity index (χ0v) is 13.4. The van der Waals surface area contributed by atoms with Crippen molar-refractivity contribution in [2.24, 2.45) is 0 Å². The van der Waals surface area contributed by atoms with Crippen molar-refractivity contribution in [2.75, 3.05) is 13.7 Å². The predicted molar refractivity (Wildman–Crippen MR) is 86.5 cm³/mol. The van der Waals surface area contributed by atoms with Crippen molar-refractivity contribution in [3.8, 4) is 0 Å². The first kappa shape index (κ1) is 15.4. The molecule has 0 radical (unpaired) electrons. The van der Waals surface area contributed by atoms with Gasteiger partial charge in [0, 0.05) is 13.7 Å². The van der Waals surface area contributed by atoms with Gasteiger partial charge in [-0.05, 0) is 25.5 Å². The van der Waals surface area contributed by atoms with Crippen molar-refractivity contribution in [1.82, 2.24) is 24.3 Å². The van der Waals surface area contributed by atoms with Gasteiger partial charge in [0.15, 0.2) is 5.82 Å². The van der Waals surface area contributed by atoms with Gasteiger partial charge in [0.1, 0.15) is 6.33 Å². The Bertz CT molecular complexity index is 884. The highest BCUT2D eigenvalue weighted by Gasteiger charge is 2.18. The Hall–Kier alpha value is -2.54. The molecule has 1 aromatic carbocycles. The van der Waals surface area contributed by atoms with E-state index in [1.165, 1.54) is 0 Å². The molecule has 23 heavy (non-hydrogen) atoms. The summed E-state index contributed by atoms with van der Waals surface area (Å²) in [7, 11) is 1.65. The summed E-state index contributed by atoms with van der Waals surface area (Å²) in [5.41, 5.74) is 1.56. The second kappa shape index (κ2) is 6.29. The highest BCUT2D eigenvalue weighted by molar-refractivity contribution is 5.80. The van der Waals surface area contributed by atoms with Gasteiger partial charge >= 0.3 is 0 Å². The maximum absolute atomic E-state index is 12.9. The van der Waals surface area contributed by atoms with Crippen molar-refractivity contribution < 1.29 is 4.74 Å². The van der Waals surface area contributed by atoms with Crippen LogP contribution in [0.2, 0.25) is 0 Å². The third-order valence-electron chi connectivity index (χ3n) is 3.99. The van der Waals surface area contributed by atoms with Crippen LogP contribution < -0.4 is 5.56 Å². The van der Waals surface area contributed by atoms with E-state index in [9.17, 15) is 4.79 Å². The van der Waals surface area contributed by atoms with Crippen LogP contribution in [0.1, 0.15) is 24.4 Å². The maximum atomic E-state index is 12.9. The molecular formula is C16H19N5O2. The summed E-state index contributed by atoms with van der Waals surface area (Å²) in [6, 6.07) is 5.40. The molecule has 0 spiro atoms. The molecule has 7 heteroatoms. The van der Waals surface area contributed by atoms with Crippen LogP contribution in [0.25, 0.3) is 10.9 Å². The van der Waals surface area contributed by atoms with Crippen molar-refractivity contribution in [1.29, 1.82) is 0 Å². The van der Waals surface area contributed by atoms with Gasteiger partial charge in [-0.2, -0.15) is 0 Å². The largest absolute Gasteiger partial charge is 0.383 e. The predicted octanol–water partition coefficient (Wildman–Crippen LogP) is 1.55. The van der Waals surface area contributed by atoms with Gasteiger partial charge in [-0.25, -0.2) is 4.98 Å². The van der Waals surface area contributed by atoms with Crippen LogP contribution in [0.3, 0.4) is 0 Å². The highest BCUT2D eigenvalue weighted by Crippen LogP contribution is 2.16. The standard InChI is InChI=1S/C16H19N5O2/c1-11-5-4-6-13-14(11)16(22)21(9-17-13)12(2)15-19-18-10-20(15)7-8-23-3/h4-6,9-10,12H,7-8H2,1-3H3/t12-/m0/s1. The van der Waals surface area contributed by atoms with Gasteiger partial charge in [0.05, 0.1) is 29.9 Å². The van der Waals surface area contributed by atoms with Crippen LogP contribution in [0.15, 0.2) is 35.6 Å². The second-order valence-electron chi connectivity index (χ2n) is 5.48. The van der Waals surface area contributed by atoms with E-state index in [0.717, 1.165) is 5.56 Å². The lowest BCUT2D eigenvalue weighted by Crippen LogP contribution is -2.27. The van der Waals surface area contributed by atoms with E-state index in [0.29, 0.717) is 29.9 Å². The molecule has 3 rings (SSSR count). The smallest absolute Gasteiger partial charge is 0.262 e. The Labute approximate surface area is 133 Å². The molecule has 7 nitrogen and oxygen atoms in total. The molecule has 2 heterocycles. The first-order valence-corrected chi connectivity index (χ1v) is 7.46. The maximum Gasteiger partial charge on any atom is 0.262 e. The number of hydrogen-bond donors (Lipinski definition) is 0. The number of aromatic nitrogens is 5. The minimum atomic E-state index is -0.265. The molecule has 0 fully saturated rings. The van der Waals surface area contributed by atoms with Gasteiger partial charge in [0.2, 0.25) is 0 Å². The van der Waals surface area contributed by atoms with E-state index < -0.39 is 0 Å². The van der Waals surface area contributed by atoms with E-state index in [1.54, 1.807) is 24.3 Å². The normalized spacial score (nSPS) is 12.7. The summed E-state index contributed by atoms with van der Waals surface area (Å²) in [5, 5.41) is 8.76. The van der Waals surface area contributed by atoms with Crippen molar-refractivity contribution in [2.45, 2.75) is 26.4 Å². The zero-order chi connectivity index (χ0) is 16.4. The number of hydrogen-bond acceptors (Lipinski definition) is 5. The first-order valence-electron chi connectivity index (χ1n) is 7.46. The fraction of sp³-hybridized carbons (Fsp3) is 0.375. The fourth-order valence-electron chi connectivity index (χ4n) is 2.69. The second-order valence-corrected chi connectivity index (χ2v) is 5.48.